The molecule has 0 aliphatic carbocycles. The molecule has 0 heterocycles. The van der Waals surface area contributed by atoms with Crippen LogP contribution in [0.2, 0.25) is 5.02 Å². The van der Waals surface area contributed by atoms with Crippen molar-refractivity contribution in [1.82, 2.24) is 0 Å². The maximum absolute atomic E-state index is 12.5. The summed E-state index contributed by atoms with van der Waals surface area (Å²) in [6.45, 7) is 2.48. The molecule has 0 aromatic heterocycles. The lowest BCUT2D eigenvalue weighted by Gasteiger charge is -2.12. The number of carbonyl (C=O) groups excluding carboxylic acids is 1. The molecule has 3 N–H and O–H groups in total. The summed E-state index contributed by atoms with van der Waals surface area (Å²) in [4.78, 5) is 22.9. The third-order valence-electron chi connectivity index (χ3n) is 4.24. The molecule has 0 fully saturated rings. The number of nitro benzene ring substituents is 1. The third-order valence-corrected chi connectivity index (χ3v) is 4.77. The van der Waals surface area contributed by atoms with Gasteiger partial charge < -0.3 is 20.7 Å². The maximum Gasteiger partial charge on any atom is 0.271 e. The molecule has 8 nitrogen and oxygen atoms in total. The number of non-ortho nitro benzene ring substituents is 1. The number of hydrogen-bond acceptors (Lipinski definition) is 5. The van der Waals surface area contributed by atoms with Gasteiger partial charge in [-0.25, -0.2) is 0 Å². The molecule has 3 aromatic rings. The van der Waals surface area contributed by atoms with Crippen molar-refractivity contribution in [3.63, 3.8) is 0 Å². The van der Waals surface area contributed by atoms with E-state index < -0.39 is 4.92 Å². The topological polar surface area (TPSA) is 106 Å². The standard InChI is InChI=1S/C22H19ClN4O4S/c1-2-31-18-10-7-15(8-11-18)24-21(28)14-3-5-16(6-4-14)25-22(32)26-20-13-17(27(29)30)9-12-19(20)23/h3-13H,2H2,1H3,(H,24,28)(H2,25,26,32). The summed E-state index contributed by atoms with van der Waals surface area (Å²) < 4.78 is 5.38. The van der Waals surface area contributed by atoms with Crippen LogP contribution in [-0.4, -0.2) is 22.5 Å². The van der Waals surface area contributed by atoms with Crippen LogP contribution in [0.4, 0.5) is 22.7 Å². The van der Waals surface area contributed by atoms with E-state index in [2.05, 4.69) is 16.0 Å². The molecule has 3 aromatic carbocycles. The molecule has 0 spiro atoms. The Balaban J connectivity index is 1.59. The van der Waals surface area contributed by atoms with E-state index in [-0.39, 0.29) is 16.7 Å². The number of anilines is 3. The molecule has 0 saturated carbocycles. The number of thiocarbonyl (C=S) groups is 1. The Bertz CT molecular complexity index is 1140. The van der Waals surface area contributed by atoms with Crippen LogP contribution in [0.25, 0.3) is 0 Å². The van der Waals surface area contributed by atoms with Crippen molar-refractivity contribution >= 4 is 57.6 Å². The smallest absolute Gasteiger partial charge is 0.271 e. The summed E-state index contributed by atoms with van der Waals surface area (Å²) in [7, 11) is 0. The molecule has 10 heteroatoms. The molecule has 0 aliphatic rings. The molecule has 0 saturated heterocycles. The Kier molecular flexibility index (Phi) is 7.58. The summed E-state index contributed by atoms with van der Waals surface area (Å²) in [5, 5.41) is 20.0. The first kappa shape index (κ1) is 23.0. The molecular formula is C22H19ClN4O4S. The lowest BCUT2D eigenvalue weighted by molar-refractivity contribution is -0.384. The van der Waals surface area contributed by atoms with Crippen LogP contribution in [0, 0.1) is 10.1 Å². The highest BCUT2D eigenvalue weighted by molar-refractivity contribution is 7.80. The number of hydrogen-bond donors (Lipinski definition) is 3. The molecule has 3 rings (SSSR count). The average molecular weight is 471 g/mol. The normalized spacial score (nSPS) is 10.2. The van der Waals surface area contributed by atoms with Crippen molar-refractivity contribution in [3.05, 3.63) is 87.4 Å². The van der Waals surface area contributed by atoms with Gasteiger partial charge in [-0.15, -0.1) is 0 Å². The number of nitro groups is 1. The average Bonchev–Trinajstić information content (AvgIpc) is 2.77. The molecule has 0 atom stereocenters. The molecule has 164 valence electrons. The van der Waals surface area contributed by atoms with E-state index in [1.807, 2.05) is 6.92 Å². The van der Waals surface area contributed by atoms with Gasteiger partial charge in [0.2, 0.25) is 0 Å². The van der Waals surface area contributed by atoms with Gasteiger partial charge in [0, 0.05) is 29.1 Å². The predicted molar refractivity (Wildman–Crippen MR) is 130 cm³/mol. The Morgan fingerprint density at radius 2 is 1.62 bits per heavy atom. The van der Waals surface area contributed by atoms with Gasteiger partial charge in [-0.3, -0.25) is 14.9 Å². The summed E-state index contributed by atoms with van der Waals surface area (Å²) in [5.74, 6) is 0.474. The number of benzene rings is 3. The quantitative estimate of drug-likeness (QED) is 0.231. The SMILES string of the molecule is CCOc1ccc(NC(=O)c2ccc(NC(=S)Nc3cc([N+](=O)[O-])ccc3Cl)cc2)cc1. The van der Waals surface area contributed by atoms with Crippen molar-refractivity contribution in [2.75, 3.05) is 22.6 Å². The minimum Gasteiger partial charge on any atom is -0.494 e. The Labute approximate surface area is 194 Å². The Morgan fingerprint density at radius 3 is 2.25 bits per heavy atom. The number of amides is 1. The minimum atomic E-state index is -0.519. The molecular weight excluding hydrogens is 452 g/mol. The zero-order valence-corrected chi connectivity index (χ0v) is 18.5. The van der Waals surface area contributed by atoms with E-state index in [1.54, 1.807) is 48.5 Å². The van der Waals surface area contributed by atoms with E-state index in [0.717, 1.165) is 5.75 Å². The van der Waals surface area contributed by atoms with Gasteiger partial charge >= 0.3 is 0 Å². The first-order chi connectivity index (χ1) is 15.4. The van der Waals surface area contributed by atoms with Crippen molar-refractivity contribution < 1.29 is 14.5 Å². The summed E-state index contributed by atoms with van der Waals surface area (Å²) >= 11 is 11.3. The molecule has 32 heavy (non-hydrogen) atoms. The molecule has 1 amide bonds. The third kappa shape index (κ3) is 6.16. The van der Waals surface area contributed by atoms with Gasteiger partial charge in [-0.1, -0.05) is 11.6 Å². The van der Waals surface area contributed by atoms with Crippen LogP contribution in [-0.2, 0) is 0 Å². The highest BCUT2D eigenvalue weighted by atomic mass is 35.5. The summed E-state index contributed by atoms with van der Waals surface area (Å²) in [6, 6.07) is 17.8. The Morgan fingerprint density at radius 1 is 1.00 bits per heavy atom. The molecule has 0 radical (unpaired) electrons. The Hall–Kier alpha value is -3.69. The van der Waals surface area contributed by atoms with Crippen LogP contribution >= 0.6 is 23.8 Å². The van der Waals surface area contributed by atoms with E-state index in [9.17, 15) is 14.9 Å². The van der Waals surface area contributed by atoms with Gasteiger partial charge in [-0.2, -0.15) is 0 Å². The van der Waals surface area contributed by atoms with Crippen molar-refractivity contribution in [3.8, 4) is 5.75 Å². The predicted octanol–water partition coefficient (Wildman–Crippen LogP) is 5.71. The summed E-state index contributed by atoms with van der Waals surface area (Å²) in [6.07, 6.45) is 0. The number of ether oxygens (including phenoxy) is 1. The molecule has 0 aliphatic heterocycles. The fraction of sp³-hybridized carbons (Fsp3) is 0.0909. The van der Waals surface area contributed by atoms with Crippen molar-refractivity contribution in [1.29, 1.82) is 0 Å². The molecule has 0 unspecified atom stereocenters. The first-order valence-corrected chi connectivity index (χ1v) is 10.3. The van der Waals surface area contributed by atoms with Crippen LogP contribution in [0.3, 0.4) is 0 Å². The van der Waals surface area contributed by atoms with Crippen LogP contribution in [0.15, 0.2) is 66.7 Å². The number of carbonyl (C=O) groups is 1. The lowest BCUT2D eigenvalue weighted by atomic mass is 10.2. The zero-order chi connectivity index (χ0) is 23.1. The highest BCUT2D eigenvalue weighted by Crippen LogP contribution is 2.27. The second-order valence-corrected chi connectivity index (χ2v) is 7.30. The summed E-state index contributed by atoms with van der Waals surface area (Å²) in [5.41, 5.74) is 1.94. The van der Waals surface area contributed by atoms with Gasteiger partial charge in [0.25, 0.3) is 11.6 Å². The monoisotopic (exact) mass is 470 g/mol. The minimum absolute atomic E-state index is 0.109. The zero-order valence-electron chi connectivity index (χ0n) is 16.9. The van der Waals surface area contributed by atoms with E-state index in [4.69, 9.17) is 28.6 Å². The van der Waals surface area contributed by atoms with Crippen LogP contribution in [0.1, 0.15) is 17.3 Å². The van der Waals surface area contributed by atoms with Gasteiger partial charge in [-0.05, 0) is 73.7 Å². The lowest BCUT2D eigenvalue weighted by Crippen LogP contribution is -2.19. The maximum atomic E-state index is 12.5. The fourth-order valence-electron chi connectivity index (χ4n) is 2.72. The number of halogens is 1. The van der Waals surface area contributed by atoms with E-state index >= 15 is 0 Å². The van der Waals surface area contributed by atoms with E-state index in [0.29, 0.717) is 34.3 Å². The van der Waals surface area contributed by atoms with Gasteiger partial charge in [0.1, 0.15) is 5.75 Å². The van der Waals surface area contributed by atoms with Crippen LogP contribution in [0.5, 0.6) is 5.75 Å². The van der Waals surface area contributed by atoms with E-state index in [1.165, 1.54) is 18.2 Å². The van der Waals surface area contributed by atoms with Gasteiger partial charge in [0.05, 0.1) is 22.2 Å². The number of rotatable bonds is 7. The number of nitrogens with one attached hydrogen (secondary N) is 3. The number of nitrogens with zero attached hydrogens (tertiary/aromatic N) is 1. The second-order valence-electron chi connectivity index (χ2n) is 6.49. The first-order valence-electron chi connectivity index (χ1n) is 9.52. The molecule has 0 bridgehead atoms. The van der Waals surface area contributed by atoms with Crippen molar-refractivity contribution in [2.24, 2.45) is 0 Å². The second kappa shape index (κ2) is 10.6. The highest BCUT2D eigenvalue weighted by Gasteiger charge is 2.11. The van der Waals surface area contributed by atoms with Crippen molar-refractivity contribution in [2.45, 2.75) is 6.92 Å². The fourth-order valence-corrected chi connectivity index (χ4v) is 3.11. The largest absolute Gasteiger partial charge is 0.494 e. The van der Waals surface area contributed by atoms with Gasteiger partial charge in [0.15, 0.2) is 5.11 Å². The van der Waals surface area contributed by atoms with Crippen LogP contribution < -0.4 is 20.7 Å².